The fraction of sp³-hybridized carbons (Fsp3) is 0.333. The first kappa shape index (κ1) is 15.6. The Labute approximate surface area is 145 Å². The van der Waals surface area contributed by atoms with Crippen LogP contribution >= 0.6 is 0 Å². The van der Waals surface area contributed by atoms with Crippen molar-refractivity contribution in [1.82, 2.24) is 29.9 Å². The van der Waals surface area contributed by atoms with Gasteiger partial charge >= 0.3 is 0 Å². The van der Waals surface area contributed by atoms with Crippen LogP contribution in [0.15, 0.2) is 30.6 Å². The van der Waals surface area contributed by atoms with Crippen LogP contribution in [0.2, 0.25) is 0 Å². The highest BCUT2D eigenvalue weighted by atomic mass is 15.3. The largest absolute Gasteiger partial charge is 0.336 e. The Hall–Kier alpha value is -2.96. The van der Waals surface area contributed by atoms with Crippen molar-refractivity contribution in [3.63, 3.8) is 0 Å². The average molecular weight is 335 g/mol. The molecule has 128 valence electrons. The van der Waals surface area contributed by atoms with E-state index in [1.807, 2.05) is 29.9 Å². The van der Waals surface area contributed by atoms with Gasteiger partial charge in [-0.2, -0.15) is 10.2 Å². The number of hydrogen-bond donors (Lipinski definition) is 2. The van der Waals surface area contributed by atoms with Gasteiger partial charge in [0.1, 0.15) is 5.52 Å². The monoisotopic (exact) mass is 335 g/mol. The second kappa shape index (κ2) is 6.16. The zero-order valence-corrected chi connectivity index (χ0v) is 14.6. The maximum Gasteiger partial charge on any atom is 0.178 e. The second-order valence-electron chi connectivity index (χ2n) is 6.68. The van der Waals surface area contributed by atoms with E-state index in [1.54, 1.807) is 6.20 Å². The fourth-order valence-corrected chi connectivity index (χ4v) is 2.89. The van der Waals surface area contributed by atoms with Gasteiger partial charge in [0, 0.05) is 18.1 Å². The van der Waals surface area contributed by atoms with E-state index in [9.17, 15) is 0 Å². The summed E-state index contributed by atoms with van der Waals surface area (Å²) in [6.07, 6.45) is 4.66. The molecule has 0 saturated heterocycles. The van der Waals surface area contributed by atoms with Crippen LogP contribution in [0.25, 0.3) is 22.1 Å². The van der Waals surface area contributed by atoms with Gasteiger partial charge in [0.05, 0.1) is 23.1 Å². The van der Waals surface area contributed by atoms with Crippen LogP contribution in [0.3, 0.4) is 0 Å². The number of nitrogens with zero attached hydrogens (tertiary/aromatic N) is 5. The summed E-state index contributed by atoms with van der Waals surface area (Å²) >= 11 is 0. The maximum absolute atomic E-state index is 4.64. The third-order valence-corrected chi connectivity index (χ3v) is 4.27. The summed E-state index contributed by atoms with van der Waals surface area (Å²) in [5.74, 6) is 1.34. The highest BCUT2D eigenvalue weighted by Gasteiger charge is 2.12. The number of pyridine rings is 2. The van der Waals surface area contributed by atoms with Gasteiger partial charge in [-0.1, -0.05) is 13.8 Å². The summed E-state index contributed by atoms with van der Waals surface area (Å²) in [6.45, 7) is 7.34. The van der Waals surface area contributed by atoms with Crippen LogP contribution in [-0.2, 0) is 6.54 Å². The first-order valence-electron chi connectivity index (χ1n) is 8.51. The number of hydrogen-bond acceptors (Lipinski definition) is 5. The van der Waals surface area contributed by atoms with E-state index in [1.165, 1.54) is 0 Å². The summed E-state index contributed by atoms with van der Waals surface area (Å²) < 4.78 is 2.00. The van der Waals surface area contributed by atoms with Gasteiger partial charge in [-0.25, -0.2) is 9.67 Å². The zero-order valence-electron chi connectivity index (χ0n) is 14.6. The van der Waals surface area contributed by atoms with E-state index >= 15 is 0 Å². The Morgan fingerprint density at radius 1 is 1.28 bits per heavy atom. The Bertz CT molecular complexity index is 1030. The number of aromatic nitrogens is 6. The molecule has 0 aliphatic rings. The van der Waals surface area contributed by atoms with Crippen molar-refractivity contribution >= 4 is 33.6 Å². The molecule has 0 fully saturated rings. The smallest absolute Gasteiger partial charge is 0.178 e. The van der Waals surface area contributed by atoms with Crippen molar-refractivity contribution in [1.29, 1.82) is 0 Å². The molecule has 25 heavy (non-hydrogen) atoms. The van der Waals surface area contributed by atoms with Crippen LogP contribution in [-0.4, -0.2) is 29.9 Å². The molecule has 2 N–H and O–H groups in total. The van der Waals surface area contributed by atoms with Crippen molar-refractivity contribution in [2.75, 3.05) is 5.32 Å². The molecule has 7 heteroatoms. The van der Waals surface area contributed by atoms with Crippen molar-refractivity contribution < 1.29 is 0 Å². The zero-order chi connectivity index (χ0) is 17.4. The molecule has 4 heterocycles. The van der Waals surface area contributed by atoms with E-state index in [0.717, 1.165) is 46.4 Å². The number of H-pyrrole nitrogens is 1. The van der Waals surface area contributed by atoms with Crippen LogP contribution in [0.4, 0.5) is 11.5 Å². The molecule has 0 amide bonds. The molecule has 0 spiro atoms. The molecule has 0 bridgehead atoms. The first-order valence-corrected chi connectivity index (χ1v) is 8.51. The quantitative estimate of drug-likeness (QED) is 0.579. The Balaban J connectivity index is 1.66. The van der Waals surface area contributed by atoms with Gasteiger partial charge in [-0.15, -0.1) is 0 Å². The second-order valence-corrected chi connectivity index (χ2v) is 6.68. The van der Waals surface area contributed by atoms with Gasteiger partial charge in [0.25, 0.3) is 0 Å². The van der Waals surface area contributed by atoms with E-state index in [4.69, 9.17) is 0 Å². The Morgan fingerprint density at radius 3 is 3.00 bits per heavy atom. The number of fused-ring (bicyclic) bond motifs is 2. The van der Waals surface area contributed by atoms with E-state index in [2.05, 4.69) is 50.5 Å². The minimum atomic E-state index is 0.640. The lowest BCUT2D eigenvalue weighted by molar-refractivity contribution is 0.492. The first-order chi connectivity index (χ1) is 12.1. The number of rotatable bonds is 5. The van der Waals surface area contributed by atoms with Gasteiger partial charge in [0.15, 0.2) is 11.5 Å². The third kappa shape index (κ3) is 2.93. The van der Waals surface area contributed by atoms with Crippen molar-refractivity contribution in [3.8, 4) is 0 Å². The number of aryl methyl sites for hydroxylation is 2. The van der Waals surface area contributed by atoms with Crippen molar-refractivity contribution in [2.45, 2.75) is 33.7 Å². The van der Waals surface area contributed by atoms with Gasteiger partial charge in [-0.05, 0) is 37.5 Å². The summed E-state index contributed by atoms with van der Waals surface area (Å²) in [5, 5.41) is 16.3. The van der Waals surface area contributed by atoms with Crippen molar-refractivity contribution in [2.24, 2.45) is 5.92 Å². The lowest BCUT2D eigenvalue weighted by Gasteiger charge is -2.06. The van der Waals surface area contributed by atoms with Gasteiger partial charge in [0.2, 0.25) is 0 Å². The molecule has 7 nitrogen and oxygen atoms in total. The van der Waals surface area contributed by atoms with E-state index in [-0.39, 0.29) is 0 Å². The number of nitrogens with one attached hydrogen (secondary N) is 2. The molecular weight excluding hydrogens is 314 g/mol. The molecule has 0 radical (unpaired) electrons. The topological polar surface area (TPSA) is 84.3 Å². The van der Waals surface area contributed by atoms with E-state index in [0.29, 0.717) is 11.7 Å². The van der Waals surface area contributed by atoms with Crippen LogP contribution in [0, 0.1) is 12.8 Å². The highest BCUT2D eigenvalue weighted by molar-refractivity contribution is 5.89. The summed E-state index contributed by atoms with van der Waals surface area (Å²) in [7, 11) is 0. The number of aromatic amines is 1. The van der Waals surface area contributed by atoms with Crippen LogP contribution in [0.1, 0.15) is 26.0 Å². The molecule has 0 saturated carbocycles. The molecule has 0 unspecified atom stereocenters. The summed E-state index contributed by atoms with van der Waals surface area (Å²) in [5.41, 5.74) is 4.50. The molecular formula is C18H21N7. The lowest BCUT2D eigenvalue weighted by Crippen LogP contribution is -2.04. The number of anilines is 2. The lowest BCUT2D eigenvalue weighted by atomic mass is 10.1. The van der Waals surface area contributed by atoms with Gasteiger partial charge < -0.3 is 5.32 Å². The minimum Gasteiger partial charge on any atom is -0.336 e. The predicted octanol–water partition coefficient (Wildman–Crippen LogP) is 3.80. The Morgan fingerprint density at radius 2 is 2.16 bits per heavy atom. The third-order valence-electron chi connectivity index (χ3n) is 4.27. The van der Waals surface area contributed by atoms with Crippen LogP contribution < -0.4 is 5.32 Å². The normalized spacial score (nSPS) is 11.7. The highest BCUT2D eigenvalue weighted by Crippen LogP contribution is 2.25. The van der Waals surface area contributed by atoms with Crippen molar-refractivity contribution in [3.05, 3.63) is 36.3 Å². The molecule has 0 aliphatic heterocycles. The predicted molar refractivity (Wildman–Crippen MR) is 98.9 cm³/mol. The standard InChI is InChI=1S/C18H21N7/c1-11(2)6-8-25-18-14(12(3)24-25)9-13(10-20-18)21-17-16-15(22-23-17)5-4-7-19-16/h4-5,7,9-11H,6,8H2,1-3H3,(H2,21,22,23). The molecule has 4 rings (SSSR count). The maximum atomic E-state index is 4.64. The Kier molecular flexibility index (Phi) is 3.83. The SMILES string of the molecule is Cc1nn(CCC(C)C)c2ncc(Nc3n[nH]c4cccnc34)cc12. The molecule has 0 aromatic carbocycles. The molecule has 0 atom stereocenters. The minimum absolute atomic E-state index is 0.640. The van der Waals surface area contributed by atoms with Gasteiger partial charge in [-0.3, -0.25) is 10.1 Å². The molecule has 4 aromatic rings. The summed E-state index contributed by atoms with van der Waals surface area (Å²) in [4.78, 5) is 8.99. The summed E-state index contributed by atoms with van der Waals surface area (Å²) in [6, 6.07) is 5.90. The van der Waals surface area contributed by atoms with Crippen LogP contribution in [0.5, 0.6) is 0 Å². The molecule has 4 aromatic heterocycles. The average Bonchev–Trinajstić information content (AvgIpc) is 3.15. The fourth-order valence-electron chi connectivity index (χ4n) is 2.89. The van der Waals surface area contributed by atoms with E-state index < -0.39 is 0 Å². The molecule has 0 aliphatic carbocycles.